The molecule has 0 N–H and O–H groups in total. The summed E-state index contributed by atoms with van der Waals surface area (Å²) in [5.41, 5.74) is 2.70. The monoisotopic (exact) mass is 294 g/mol. The van der Waals surface area contributed by atoms with E-state index in [0.29, 0.717) is 12.2 Å². The molecule has 0 amide bonds. The van der Waals surface area contributed by atoms with Crippen molar-refractivity contribution in [1.82, 2.24) is 0 Å². The molecule has 1 unspecified atom stereocenters. The van der Waals surface area contributed by atoms with E-state index < -0.39 is 5.60 Å². The van der Waals surface area contributed by atoms with Crippen molar-refractivity contribution >= 4 is 12.0 Å². The van der Waals surface area contributed by atoms with E-state index in [1.807, 2.05) is 55.5 Å². The first-order valence-electron chi connectivity index (χ1n) is 7.23. The Hall–Kier alpha value is -2.39. The number of rotatable bonds is 4. The Bertz CT molecular complexity index is 718. The van der Waals surface area contributed by atoms with Crippen LogP contribution in [0.2, 0.25) is 0 Å². The zero-order valence-corrected chi connectivity index (χ0v) is 12.7. The summed E-state index contributed by atoms with van der Waals surface area (Å²) in [5.74, 6) is -0.345. The van der Waals surface area contributed by atoms with Gasteiger partial charge >= 0.3 is 5.97 Å². The number of hydrogen-bond acceptors (Lipinski definition) is 3. The van der Waals surface area contributed by atoms with Crippen molar-refractivity contribution in [3.05, 3.63) is 76.9 Å². The molecule has 2 aromatic carbocycles. The lowest BCUT2D eigenvalue weighted by atomic mass is 9.91. The van der Waals surface area contributed by atoms with Gasteiger partial charge in [0, 0.05) is 12.7 Å². The number of carbonyl (C=O) groups is 1. The summed E-state index contributed by atoms with van der Waals surface area (Å²) < 4.78 is 11.3. The molecule has 1 atom stereocenters. The highest BCUT2D eigenvalue weighted by Gasteiger charge is 2.43. The van der Waals surface area contributed by atoms with Crippen molar-refractivity contribution < 1.29 is 14.3 Å². The number of hydrogen-bond donors (Lipinski definition) is 0. The lowest BCUT2D eigenvalue weighted by Crippen LogP contribution is -2.36. The lowest BCUT2D eigenvalue weighted by Gasteiger charge is -2.31. The summed E-state index contributed by atoms with van der Waals surface area (Å²) >= 11 is 0. The summed E-state index contributed by atoms with van der Waals surface area (Å²) in [4.78, 5) is 12.5. The molecule has 0 bridgehead atoms. The molecule has 0 spiro atoms. The summed E-state index contributed by atoms with van der Waals surface area (Å²) in [6.45, 7) is 2.27. The second-order valence-electron chi connectivity index (χ2n) is 5.43. The zero-order valence-electron chi connectivity index (χ0n) is 12.7. The zero-order chi connectivity index (χ0) is 15.6. The normalized spacial score (nSPS) is 19.5. The molecular formula is C19H18O3. The minimum Gasteiger partial charge on any atom is -0.443 e. The fourth-order valence-corrected chi connectivity index (χ4v) is 2.90. The molecule has 112 valence electrons. The Kier molecular flexibility index (Phi) is 3.82. The third-order valence-corrected chi connectivity index (χ3v) is 4.03. The Morgan fingerprint density at radius 2 is 1.73 bits per heavy atom. The van der Waals surface area contributed by atoms with Gasteiger partial charge in [0.25, 0.3) is 0 Å². The Balaban J connectivity index is 2.00. The van der Waals surface area contributed by atoms with Crippen LogP contribution in [0.4, 0.5) is 0 Å². The molecule has 0 saturated heterocycles. The van der Waals surface area contributed by atoms with Gasteiger partial charge in [-0.15, -0.1) is 0 Å². The van der Waals surface area contributed by atoms with Crippen molar-refractivity contribution in [1.29, 1.82) is 0 Å². The predicted molar refractivity (Wildman–Crippen MR) is 85.5 cm³/mol. The molecule has 22 heavy (non-hydrogen) atoms. The van der Waals surface area contributed by atoms with Crippen LogP contribution in [0.5, 0.6) is 0 Å². The van der Waals surface area contributed by atoms with Crippen LogP contribution in [0, 0.1) is 0 Å². The van der Waals surface area contributed by atoms with Gasteiger partial charge in [0.2, 0.25) is 0 Å². The second kappa shape index (κ2) is 5.78. The molecule has 0 saturated carbocycles. The first-order valence-corrected chi connectivity index (χ1v) is 7.23. The van der Waals surface area contributed by atoms with E-state index in [1.165, 1.54) is 0 Å². The van der Waals surface area contributed by atoms with Crippen LogP contribution in [-0.2, 0) is 15.1 Å². The summed E-state index contributed by atoms with van der Waals surface area (Å²) in [7, 11) is 1.62. The molecule has 3 heteroatoms. The van der Waals surface area contributed by atoms with Crippen molar-refractivity contribution in [2.45, 2.75) is 12.5 Å². The second-order valence-corrected chi connectivity index (χ2v) is 5.43. The van der Waals surface area contributed by atoms with E-state index in [0.717, 1.165) is 16.7 Å². The van der Waals surface area contributed by atoms with Crippen molar-refractivity contribution in [2.24, 2.45) is 0 Å². The van der Waals surface area contributed by atoms with Crippen LogP contribution in [0.25, 0.3) is 6.08 Å². The summed E-state index contributed by atoms with van der Waals surface area (Å²) in [6, 6.07) is 17.0. The number of ether oxygens (including phenoxy) is 2. The number of methoxy groups -OCH3 is 1. The summed E-state index contributed by atoms with van der Waals surface area (Å²) in [6.07, 6.45) is 2.05. The van der Waals surface area contributed by atoms with Crippen LogP contribution in [0.15, 0.2) is 60.2 Å². The van der Waals surface area contributed by atoms with E-state index in [2.05, 4.69) is 0 Å². The van der Waals surface area contributed by atoms with E-state index >= 15 is 0 Å². The topological polar surface area (TPSA) is 35.5 Å². The van der Waals surface area contributed by atoms with Crippen molar-refractivity contribution in [3.8, 4) is 0 Å². The fourth-order valence-electron chi connectivity index (χ4n) is 2.90. The Labute approximate surface area is 130 Å². The average Bonchev–Trinajstić information content (AvgIpc) is 2.81. The van der Waals surface area contributed by atoms with Crippen LogP contribution in [0.1, 0.15) is 28.4 Å². The number of esters is 1. The smallest absolute Gasteiger partial charge is 0.339 e. The minimum atomic E-state index is -0.849. The number of fused-ring (bicyclic) bond motifs is 1. The van der Waals surface area contributed by atoms with Gasteiger partial charge in [0.15, 0.2) is 5.60 Å². The quantitative estimate of drug-likeness (QED) is 0.805. The van der Waals surface area contributed by atoms with E-state index in [9.17, 15) is 4.79 Å². The van der Waals surface area contributed by atoms with Gasteiger partial charge in [-0.1, -0.05) is 48.5 Å². The molecule has 0 heterocycles. The van der Waals surface area contributed by atoms with Gasteiger partial charge < -0.3 is 9.47 Å². The third kappa shape index (κ3) is 2.34. The highest BCUT2D eigenvalue weighted by atomic mass is 16.6. The molecule has 0 aliphatic heterocycles. The highest BCUT2D eigenvalue weighted by Crippen LogP contribution is 2.43. The molecular weight excluding hydrogens is 276 g/mol. The largest absolute Gasteiger partial charge is 0.443 e. The van der Waals surface area contributed by atoms with Crippen LogP contribution < -0.4 is 0 Å². The molecule has 0 fully saturated rings. The maximum Gasteiger partial charge on any atom is 0.339 e. The SMILES string of the molecule is COCC1(OC(=O)c2ccccc2)C(C)=Cc2ccccc21. The fraction of sp³-hybridized carbons (Fsp3) is 0.211. The van der Waals surface area contributed by atoms with Gasteiger partial charge in [-0.25, -0.2) is 4.79 Å². The molecule has 3 nitrogen and oxygen atoms in total. The standard InChI is InChI=1S/C19H18O3/c1-14-12-16-10-6-7-11-17(16)19(14,13-21-2)22-18(20)15-8-4-3-5-9-15/h3-12H,13H2,1-2H3. The van der Waals surface area contributed by atoms with Gasteiger partial charge in [-0.05, 0) is 30.2 Å². The first-order chi connectivity index (χ1) is 10.7. The van der Waals surface area contributed by atoms with Gasteiger partial charge in [0.1, 0.15) is 0 Å². The third-order valence-electron chi connectivity index (χ3n) is 4.03. The van der Waals surface area contributed by atoms with Gasteiger partial charge in [-0.2, -0.15) is 0 Å². The Morgan fingerprint density at radius 1 is 1.05 bits per heavy atom. The predicted octanol–water partition coefficient (Wildman–Crippen LogP) is 3.80. The molecule has 0 radical (unpaired) electrons. The molecule has 1 aliphatic carbocycles. The Morgan fingerprint density at radius 3 is 2.45 bits per heavy atom. The van der Waals surface area contributed by atoms with E-state index in [-0.39, 0.29) is 5.97 Å². The molecule has 0 aromatic heterocycles. The molecule has 3 rings (SSSR count). The lowest BCUT2D eigenvalue weighted by molar-refractivity contribution is -0.0382. The number of benzene rings is 2. The van der Waals surface area contributed by atoms with Crippen molar-refractivity contribution in [2.75, 3.05) is 13.7 Å². The highest BCUT2D eigenvalue weighted by molar-refractivity contribution is 5.90. The van der Waals surface area contributed by atoms with Gasteiger partial charge in [-0.3, -0.25) is 0 Å². The maximum absolute atomic E-state index is 12.5. The number of carbonyl (C=O) groups excluding carboxylic acids is 1. The molecule has 1 aliphatic rings. The minimum absolute atomic E-state index is 0.297. The van der Waals surface area contributed by atoms with Crippen molar-refractivity contribution in [3.63, 3.8) is 0 Å². The van der Waals surface area contributed by atoms with Crippen LogP contribution in [0.3, 0.4) is 0 Å². The molecule has 2 aromatic rings. The maximum atomic E-state index is 12.5. The average molecular weight is 294 g/mol. The first kappa shape index (κ1) is 14.5. The van der Waals surface area contributed by atoms with Crippen LogP contribution >= 0.6 is 0 Å². The van der Waals surface area contributed by atoms with Gasteiger partial charge in [0.05, 0.1) is 12.2 Å². The summed E-state index contributed by atoms with van der Waals surface area (Å²) in [5, 5.41) is 0. The van der Waals surface area contributed by atoms with Crippen LogP contribution in [-0.4, -0.2) is 19.7 Å². The van der Waals surface area contributed by atoms with E-state index in [1.54, 1.807) is 19.2 Å². The van der Waals surface area contributed by atoms with E-state index in [4.69, 9.17) is 9.47 Å².